The molecular weight excluding hydrogens is 262 g/mol. The van der Waals surface area contributed by atoms with Gasteiger partial charge in [0.25, 0.3) is 0 Å². The molecule has 1 aromatic heterocycles. The van der Waals surface area contributed by atoms with E-state index in [2.05, 4.69) is 52.8 Å². The fraction of sp³-hybridized carbons (Fsp3) is 0.438. The molecule has 2 N–H and O–H groups in total. The van der Waals surface area contributed by atoms with Crippen LogP contribution < -0.4 is 10.6 Å². The van der Waals surface area contributed by atoms with E-state index in [1.807, 2.05) is 18.2 Å². The summed E-state index contributed by atoms with van der Waals surface area (Å²) in [4.78, 5) is 15.2. The molecule has 21 heavy (non-hydrogen) atoms. The van der Waals surface area contributed by atoms with Crippen molar-refractivity contribution in [2.75, 3.05) is 17.2 Å². The lowest BCUT2D eigenvalue weighted by Gasteiger charge is -2.23. The number of benzene rings is 1. The maximum Gasteiger partial charge on any atom is 0.234 e. The molecule has 0 aliphatic carbocycles. The molecule has 112 valence electrons. The van der Waals surface area contributed by atoms with Crippen molar-refractivity contribution in [1.29, 1.82) is 0 Å². The number of hydrogen-bond acceptors (Lipinski definition) is 5. The molecule has 0 spiro atoms. The highest BCUT2D eigenvalue weighted by molar-refractivity contribution is 5.57. The lowest BCUT2D eigenvalue weighted by Crippen LogP contribution is -2.22. The first kappa shape index (κ1) is 15.2. The van der Waals surface area contributed by atoms with Crippen LogP contribution in [0.4, 0.5) is 17.6 Å². The van der Waals surface area contributed by atoms with Gasteiger partial charge in [-0.15, -0.1) is 0 Å². The van der Waals surface area contributed by atoms with E-state index in [0.29, 0.717) is 5.95 Å². The summed E-state index contributed by atoms with van der Waals surface area (Å²) in [5.74, 6) is 1.86. The third-order valence-corrected chi connectivity index (χ3v) is 3.22. The number of anilines is 3. The van der Waals surface area contributed by atoms with Crippen LogP contribution in [0.25, 0.3) is 0 Å². The Labute approximate surface area is 126 Å². The van der Waals surface area contributed by atoms with Gasteiger partial charge < -0.3 is 10.6 Å². The Balaban J connectivity index is 2.41. The Morgan fingerprint density at radius 1 is 1.10 bits per heavy atom. The van der Waals surface area contributed by atoms with Gasteiger partial charge in [0.15, 0.2) is 0 Å². The maximum absolute atomic E-state index is 5.85. The average Bonchev–Trinajstić information content (AvgIpc) is 2.48. The Kier molecular flexibility index (Phi) is 5.09. The SMILES string of the molecule is CCCCN(c1ccccc1)c1nc(N)nc(C(C)C)n1. The van der Waals surface area contributed by atoms with Crippen LogP contribution in [-0.2, 0) is 0 Å². The minimum Gasteiger partial charge on any atom is -0.368 e. The molecule has 0 aliphatic heterocycles. The molecule has 0 saturated carbocycles. The van der Waals surface area contributed by atoms with Crippen molar-refractivity contribution in [3.05, 3.63) is 36.2 Å². The number of unbranched alkanes of at least 4 members (excludes halogenated alkanes) is 1. The summed E-state index contributed by atoms with van der Waals surface area (Å²) in [7, 11) is 0. The van der Waals surface area contributed by atoms with E-state index in [1.54, 1.807) is 0 Å². The second-order valence-corrected chi connectivity index (χ2v) is 5.35. The Morgan fingerprint density at radius 3 is 2.43 bits per heavy atom. The first-order chi connectivity index (χ1) is 10.1. The number of rotatable bonds is 6. The van der Waals surface area contributed by atoms with Crippen LogP contribution in [-0.4, -0.2) is 21.5 Å². The van der Waals surface area contributed by atoms with Crippen molar-refractivity contribution < 1.29 is 0 Å². The summed E-state index contributed by atoms with van der Waals surface area (Å²) in [6.45, 7) is 7.14. The van der Waals surface area contributed by atoms with Crippen LogP contribution in [0.2, 0.25) is 0 Å². The fourth-order valence-corrected chi connectivity index (χ4v) is 2.04. The molecule has 2 rings (SSSR count). The number of nitrogens with two attached hydrogens (primary N) is 1. The van der Waals surface area contributed by atoms with Gasteiger partial charge in [0.05, 0.1) is 0 Å². The molecule has 0 aliphatic rings. The maximum atomic E-state index is 5.85. The molecule has 0 unspecified atom stereocenters. The number of aromatic nitrogens is 3. The topological polar surface area (TPSA) is 67.9 Å². The zero-order chi connectivity index (χ0) is 15.2. The van der Waals surface area contributed by atoms with Gasteiger partial charge in [-0.05, 0) is 18.6 Å². The van der Waals surface area contributed by atoms with Gasteiger partial charge in [-0.1, -0.05) is 45.4 Å². The summed E-state index contributed by atoms with van der Waals surface area (Å²) < 4.78 is 0. The molecule has 1 heterocycles. The molecule has 0 radical (unpaired) electrons. The molecule has 5 nitrogen and oxygen atoms in total. The molecule has 0 amide bonds. The van der Waals surface area contributed by atoms with Crippen molar-refractivity contribution in [2.24, 2.45) is 0 Å². The highest BCUT2D eigenvalue weighted by atomic mass is 15.3. The standard InChI is InChI=1S/C16H23N5/c1-4-5-11-21(13-9-7-6-8-10-13)16-19-14(12(2)3)18-15(17)20-16/h6-10,12H,4-5,11H2,1-3H3,(H2,17,18,19,20). The van der Waals surface area contributed by atoms with Crippen molar-refractivity contribution in [1.82, 2.24) is 15.0 Å². The third kappa shape index (κ3) is 3.90. The van der Waals surface area contributed by atoms with Crippen LogP contribution in [0.5, 0.6) is 0 Å². The first-order valence-corrected chi connectivity index (χ1v) is 7.45. The van der Waals surface area contributed by atoms with Crippen LogP contribution in [0.3, 0.4) is 0 Å². The Bertz CT molecular complexity index is 568. The lowest BCUT2D eigenvalue weighted by molar-refractivity contribution is 0.734. The molecule has 5 heteroatoms. The van der Waals surface area contributed by atoms with Crippen molar-refractivity contribution in [3.8, 4) is 0 Å². The van der Waals surface area contributed by atoms with Gasteiger partial charge in [-0.2, -0.15) is 15.0 Å². The molecule has 0 fully saturated rings. The number of hydrogen-bond donors (Lipinski definition) is 1. The van der Waals surface area contributed by atoms with E-state index in [1.165, 1.54) is 0 Å². The fourth-order valence-electron chi connectivity index (χ4n) is 2.04. The predicted octanol–water partition coefficient (Wildman–Crippen LogP) is 3.52. The normalized spacial score (nSPS) is 10.9. The summed E-state index contributed by atoms with van der Waals surface area (Å²) in [6, 6.07) is 10.2. The molecule has 0 bridgehead atoms. The van der Waals surface area contributed by atoms with E-state index in [4.69, 9.17) is 5.73 Å². The third-order valence-electron chi connectivity index (χ3n) is 3.22. The summed E-state index contributed by atoms with van der Waals surface area (Å²) in [6.07, 6.45) is 2.18. The zero-order valence-corrected chi connectivity index (χ0v) is 13.0. The predicted molar refractivity (Wildman–Crippen MR) is 86.7 cm³/mol. The smallest absolute Gasteiger partial charge is 0.234 e. The average molecular weight is 285 g/mol. The van der Waals surface area contributed by atoms with Crippen molar-refractivity contribution >= 4 is 17.6 Å². The number of para-hydroxylation sites is 1. The van der Waals surface area contributed by atoms with Gasteiger partial charge >= 0.3 is 0 Å². The Hall–Kier alpha value is -2.17. The molecule has 1 aromatic carbocycles. The minimum atomic E-state index is 0.220. The lowest BCUT2D eigenvalue weighted by atomic mass is 10.2. The van der Waals surface area contributed by atoms with Gasteiger partial charge in [-0.3, -0.25) is 0 Å². The second kappa shape index (κ2) is 7.02. The molecule has 0 saturated heterocycles. The number of nitrogens with zero attached hydrogens (tertiary/aromatic N) is 4. The Morgan fingerprint density at radius 2 is 1.81 bits per heavy atom. The summed E-state index contributed by atoms with van der Waals surface area (Å²) in [5, 5.41) is 0. The zero-order valence-electron chi connectivity index (χ0n) is 13.0. The van der Waals surface area contributed by atoms with Gasteiger partial charge in [0.1, 0.15) is 5.82 Å². The quantitative estimate of drug-likeness (QED) is 0.879. The first-order valence-electron chi connectivity index (χ1n) is 7.45. The van der Waals surface area contributed by atoms with Crippen molar-refractivity contribution in [2.45, 2.75) is 39.5 Å². The highest BCUT2D eigenvalue weighted by Gasteiger charge is 2.15. The largest absolute Gasteiger partial charge is 0.368 e. The summed E-state index contributed by atoms with van der Waals surface area (Å²) >= 11 is 0. The van der Waals surface area contributed by atoms with E-state index in [0.717, 1.165) is 30.9 Å². The van der Waals surface area contributed by atoms with Crippen LogP contribution in [0.15, 0.2) is 30.3 Å². The highest BCUT2D eigenvalue weighted by Crippen LogP contribution is 2.24. The van der Waals surface area contributed by atoms with E-state index in [9.17, 15) is 0 Å². The van der Waals surface area contributed by atoms with Crippen LogP contribution >= 0.6 is 0 Å². The van der Waals surface area contributed by atoms with Gasteiger partial charge in [0.2, 0.25) is 11.9 Å². The minimum absolute atomic E-state index is 0.220. The van der Waals surface area contributed by atoms with Crippen LogP contribution in [0.1, 0.15) is 45.4 Å². The van der Waals surface area contributed by atoms with E-state index in [-0.39, 0.29) is 11.9 Å². The molecule has 0 atom stereocenters. The van der Waals surface area contributed by atoms with E-state index >= 15 is 0 Å². The van der Waals surface area contributed by atoms with Gasteiger partial charge in [0, 0.05) is 18.2 Å². The monoisotopic (exact) mass is 285 g/mol. The molecule has 2 aromatic rings. The number of nitrogen functional groups attached to an aromatic ring is 1. The summed E-state index contributed by atoms with van der Waals surface area (Å²) in [5.41, 5.74) is 6.93. The second-order valence-electron chi connectivity index (χ2n) is 5.35. The van der Waals surface area contributed by atoms with Crippen LogP contribution in [0, 0.1) is 0 Å². The van der Waals surface area contributed by atoms with Gasteiger partial charge in [-0.25, -0.2) is 0 Å². The van der Waals surface area contributed by atoms with E-state index < -0.39 is 0 Å². The molecular formula is C16H23N5. The van der Waals surface area contributed by atoms with Crippen molar-refractivity contribution in [3.63, 3.8) is 0 Å².